The second-order valence-electron chi connectivity index (χ2n) is 6.16. The van der Waals surface area contributed by atoms with Crippen molar-refractivity contribution in [3.63, 3.8) is 0 Å². The topological polar surface area (TPSA) is 24.5 Å². The minimum atomic E-state index is 0.642. The van der Waals surface area contributed by atoms with Crippen LogP contribution in [-0.4, -0.2) is 32.3 Å². The molecule has 1 saturated heterocycles. The molecule has 110 valence electrons. The molecule has 0 amide bonds. The van der Waals surface area contributed by atoms with Gasteiger partial charge in [0, 0.05) is 30.5 Å². The minimum Gasteiger partial charge on any atom is -0.382 e. The Kier molecular flexibility index (Phi) is 4.46. The highest BCUT2D eigenvalue weighted by molar-refractivity contribution is 5.58. The maximum Gasteiger partial charge on any atom is 0.0642 e. The maximum absolute atomic E-state index is 5.43. The van der Waals surface area contributed by atoms with Crippen molar-refractivity contribution >= 4 is 11.4 Å². The van der Waals surface area contributed by atoms with Gasteiger partial charge in [-0.1, -0.05) is 25.8 Å². The van der Waals surface area contributed by atoms with Gasteiger partial charge < -0.3 is 15.0 Å². The van der Waals surface area contributed by atoms with E-state index in [1.807, 2.05) is 0 Å². The zero-order chi connectivity index (χ0) is 13.8. The summed E-state index contributed by atoms with van der Waals surface area (Å²) in [6.45, 7) is 6.07. The van der Waals surface area contributed by atoms with Gasteiger partial charge in [0.15, 0.2) is 0 Å². The molecule has 20 heavy (non-hydrogen) atoms. The van der Waals surface area contributed by atoms with Crippen LogP contribution in [0.15, 0.2) is 24.3 Å². The number of morpholine rings is 1. The normalized spacial score (nSPS) is 27.4. The van der Waals surface area contributed by atoms with E-state index in [1.54, 1.807) is 0 Å². The lowest BCUT2D eigenvalue weighted by atomic mass is 9.86. The first-order valence-corrected chi connectivity index (χ1v) is 8.02. The van der Waals surface area contributed by atoms with E-state index in [2.05, 4.69) is 41.4 Å². The van der Waals surface area contributed by atoms with Crippen molar-refractivity contribution in [3.05, 3.63) is 24.3 Å². The van der Waals surface area contributed by atoms with Crippen LogP contribution in [-0.2, 0) is 4.74 Å². The lowest BCUT2D eigenvalue weighted by Gasteiger charge is -2.32. The standard InChI is InChI=1S/C17H26N2O/c1-14-5-2-3-8-17(14)18-15-6-4-7-16(13-15)19-9-11-20-12-10-19/h4,6-7,13-14,17-18H,2-3,5,8-12H2,1H3. The molecule has 2 atom stereocenters. The van der Waals surface area contributed by atoms with E-state index in [4.69, 9.17) is 4.74 Å². The molecule has 3 rings (SSSR count). The zero-order valence-electron chi connectivity index (χ0n) is 12.5. The van der Waals surface area contributed by atoms with Crippen LogP contribution in [0.25, 0.3) is 0 Å². The third-order valence-electron chi connectivity index (χ3n) is 4.69. The Morgan fingerprint density at radius 2 is 1.95 bits per heavy atom. The van der Waals surface area contributed by atoms with E-state index in [0.717, 1.165) is 32.2 Å². The first kappa shape index (κ1) is 13.7. The Hall–Kier alpha value is -1.22. The third-order valence-corrected chi connectivity index (χ3v) is 4.69. The van der Waals surface area contributed by atoms with Crippen LogP contribution in [0, 0.1) is 5.92 Å². The van der Waals surface area contributed by atoms with Crippen molar-refractivity contribution < 1.29 is 4.74 Å². The highest BCUT2D eigenvalue weighted by atomic mass is 16.5. The van der Waals surface area contributed by atoms with Crippen LogP contribution >= 0.6 is 0 Å². The molecule has 2 unspecified atom stereocenters. The Bertz CT molecular complexity index is 429. The summed E-state index contributed by atoms with van der Waals surface area (Å²) in [6.07, 6.45) is 5.43. The smallest absolute Gasteiger partial charge is 0.0642 e. The van der Waals surface area contributed by atoms with Gasteiger partial charge >= 0.3 is 0 Å². The molecular formula is C17H26N2O. The third kappa shape index (κ3) is 3.26. The Morgan fingerprint density at radius 3 is 2.75 bits per heavy atom. The fraction of sp³-hybridized carbons (Fsp3) is 0.647. The Morgan fingerprint density at radius 1 is 1.15 bits per heavy atom. The highest BCUT2D eigenvalue weighted by Crippen LogP contribution is 2.28. The average Bonchev–Trinajstić information content (AvgIpc) is 2.51. The molecular weight excluding hydrogens is 248 g/mol. The number of ether oxygens (including phenoxy) is 1. The number of nitrogens with one attached hydrogen (secondary N) is 1. The van der Waals surface area contributed by atoms with Crippen molar-refractivity contribution in [2.75, 3.05) is 36.5 Å². The van der Waals surface area contributed by atoms with Crippen molar-refractivity contribution in [2.45, 2.75) is 38.6 Å². The molecule has 1 heterocycles. The van der Waals surface area contributed by atoms with Crippen molar-refractivity contribution in [1.29, 1.82) is 0 Å². The van der Waals surface area contributed by atoms with Gasteiger partial charge in [-0.2, -0.15) is 0 Å². The number of hydrogen-bond acceptors (Lipinski definition) is 3. The molecule has 3 nitrogen and oxygen atoms in total. The van der Waals surface area contributed by atoms with E-state index in [-0.39, 0.29) is 0 Å². The predicted molar refractivity (Wildman–Crippen MR) is 84.5 cm³/mol. The largest absolute Gasteiger partial charge is 0.382 e. The molecule has 0 spiro atoms. The van der Waals surface area contributed by atoms with Gasteiger partial charge in [-0.15, -0.1) is 0 Å². The van der Waals surface area contributed by atoms with Crippen LogP contribution < -0.4 is 10.2 Å². The van der Waals surface area contributed by atoms with Crippen LogP contribution in [0.2, 0.25) is 0 Å². The monoisotopic (exact) mass is 274 g/mol. The highest BCUT2D eigenvalue weighted by Gasteiger charge is 2.21. The molecule has 0 aromatic heterocycles. The van der Waals surface area contributed by atoms with Crippen LogP contribution in [0.5, 0.6) is 0 Å². The number of anilines is 2. The van der Waals surface area contributed by atoms with E-state index in [1.165, 1.54) is 37.1 Å². The quantitative estimate of drug-likeness (QED) is 0.913. The van der Waals surface area contributed by atoms with Crippen molar-refractivity contribution in [3.8, 4) is 0 Å². The number of benzene rings is 1. The van der Waals surface area contributed by atoms with Gasteiger partial charge in [-0.3, -0.25) is 0 Å². The first-order valence-electron chi connectivity index (χ1n) is 8.02. The predicted octanol–water partition coefficient (Wildman–Crippen LogP) is 3.51. The summed E-state index contributed by atoms with van der Waals surface area (Å²) in [4.78, 5) is 2.42. The minimum absolute atomic E-state index is 0.642. The summed E-state index contributed by atoms with van der Waals surface area (Å²) in [5, 5.41) is 3.75. The summed E-state index contributed by atoms with van der Waals surface area (Å²) >= 11 is 0. The number of hydrogen-bond donors (Lipinski definition) is 1. The molecule has 0 bridgehead atoms. The molecule has 0 radical (unpaired) electrons. The number of nitrogens with zero attached hydrogens (tertiary/aromatic N) is 1. The van der Waals surface area contributed by atoms with Crippen LogP contribution in [0.1, 0.15) is 32.6 Å². The van der Waals surface area contributed by atoms with Gasteiger partial charge in [0.1, 0.15) is 0 Å². The fourth-order valence-electron chi connectivity index (χ4n) is 3.36. The summed E-state index contributed by atoms with van der Waals surface area (Å²) in [6, 6.07) is 9.52. The molecule has 2 fully saturated rings. The van der Waals surface area contributed by atoms with Crippen LogP contribution in [0.4, 0.5) is 11.4 Å². The second-order valence-corrected chi connectivity index (χ2v) is 6.16. The fourth-order valence-corrected chi connectivity index (χ4v) is 3.36. The second kappa shape index (κ2) is 6.49. The molecule has 1 saturated carbocycles. The molecule has 1 aliphatic carbocycles. The Balaban J connectivity index is 1.67. The summed E-state index contributed by atoms with van der Waals surface area (Å²) in [5.41, 5.74) is 2.59. The Labute approximate surface area is 122 Å². The maximum atomic E-state index is 5.43. The van der Waals surface area contributed by atoms with Gasteiger partial charge in [0.25, 0.3) is 0 Å². The molecule has 3 heteroatoms. The van der Waals surface area contributed by atoms with E-state index in [9.17, 15) is 0 Å². The van der Waals surface area contributed by atoms with Gasteiger partial charge in [-0.05, 0) is 37.0 Å². The number of rotatable bonds is 3. The van der Waals surface area contributed by atoms with Crippen LogP contribution in [0.3, 0.4) is 0 Å². The first-order chi connectivity index (χ1) is 9.83. The molecule has 1 N–H and O–H groups in total. The lowest BCUT2D eigenvalue weighted by Crippen LogP contribution is -2.36. The summed E-state index contributed by atoms with van der Waals surface area (Å²) < 4.78 is 5.43. The van der Waals surface area contributed by atoms with Crippen molar-refractivity contribution in [2.24, 2.45) is 5.92 Å². The van der Waals surface area contributed by atoms with Gasteiger partial charge in [0.2, 0.25) is 0 Å². The average molecular weight is 274 g/mol. The molecule has 1 aliphatic heterocycles. The SMILES string of the molecule is CC1CCCCC1Nc1cccc(N2CCOCC2)c1. The van der Waals surface area contributed by atoms with Gasteiger partial charge in [0.05, 0.1) is 13.2 Å². The lowest BCUT2D eigenvalue weighted by molar-refractivity contribution is 0.122. The van der Waals surface area contributed by atoms with E-state index >= 15 is 0 Å². The summed E-state index contributed by atoms with van der Waals surface area (Å²) in [5.74, 6) is 0.788. The van der Waals surface area contributed by atoms with E-state index in [0.29, 0.717) is 6.04 Å². The summed E-state index contributed by atoms with van der Waals surface area (Å²) in [7, 11) is 0. The zero-order valence-corrected chi connectivity index (χ0v) is 12.5. The molecule has 2 aliphatic rings. The van der Waals surface area contributed by atoms with E-state index < -0.39 is 0 Å². The molecule has 1 aromatic carbocycles. The molecule has 1 aromatic rings. The van der Waals surface area contributed by atoms with Gasteiger partial charge in [-0.25, -0.2) is 0 Å². The van der Waals surface area contributed by atoms with Crippen molar-refractivity contribution in [1.82, 2.24) is 0 Å².